The summed E-state index contributed by atoms with van der Waals surface area (Å²) in [6.45, 7) is 5.01. The fourth-order valence-electron chi connectivity index (χ4n) is 13.2. The highest BCUT2D eigenvalue weighted by Gasteiger charge is 2.30. The van der Waals surface area contributed by atoms with E-state index in [-0.39, 0.29) is 25.7 Å². The van der Waals surface area contributed by atoms with Gasteiger partial charge < -0.3 is 33.8 Å². The molecule has 0 amide bonds. The number of phosphoric ester groups is 2. The molecule has 0 aromatic carbocycles. The number of unbranched alkanes of at least 4 members (excludes halogenated alkanes) is 59. The van der Waals surface area contributed by atoms with Crippen molar-refractivity contribution in [3.8, 4) is 0 Å². The van der Waals surface area contributed by atoms with Crippen LogP contribution in [0.3, 0.4) is 0 Å². The highest BCUT2D eigenvalue weighted by Crippen LogP contribution is 2.45. The van der Waals surface area contributed by atoms with Crippen LogP contribution < -0.4 is 0 Å². The van der Waals surface area contributed by atoms with Gasteiger partial charge in [0.2, 0.25) is 0 Å². The van der Waals surface area contributed by atoms with E-state index in [9.17, 15) is 43.2 Å². The Bertz CT molecular complexity index is 1950. The van der Waals surface area contributed by atoms with Crippen LogP contribution in [0.25, 0.3) is 0 Å². The third-order valence-corrected chi connectivity index (χ3v) is 21.8. The summed E-state index contributed by atoms with van der Waals surface area (Å²) >= 11 is 0. The van der Waals surface area contributed by atoms with E-state index in [0.29, 0.717) is 25.7 Å². The van der Waals surface area contributed by atoms with E-state index < -0.39 is 97.5 Å². The van der Waals surface area contributed by atoms with Crippen LogP contribution in [0.15, 0.2) is 0 Å². The van der Waals surface area contributed by atoms with Crippen molar-refractivity contribution in [1.29, 1.82) is 0 Å². The largest absolute Gasteiger partial charge is 0.472 e. The second-order valence-electron chi connectivity index (χ2n) is 30.2. The van der Waals surface area contributed by atoms with Crippen LogP contribution >= 0.6 is 15.6 Å². The van der Waals surface area contributed by atoms with E-state index in [1.54, 1.807) is 0 Å². The molecule has 0 bridgehead atoms. The Morgan fingerprint density at radius 1 is 0.233 bits per heavy atom. The van der Waals surface area contributed by atoms with Crippen molar-refractivity contribution in [2.45, 2.75) is 476 Å². The monoisotopic (exact) mass is 1510 g/mol. The molecule has 0 saturated carbocycles. The minimum atomic E-state index is -4.96. The second-order valence-corrected chi connectivity index (χ2v) is 33.1. The molecule has 0 spiro atoms. The zero-order valence-electron chi connectivity index (χ0n) is 67.3. The van der Waals surface area contributed by atoms with Gasteiger partial charge >= 0.3 is 39.5 Å². The number of carbonyl (C=O) groups excluding carboxylic acids is 4. The van der Waals surface area contributed by atoms with Gasteiger partial charge in [-0.25, -0.2) is 9.13 Å². The van der Waals surface area contributed by atoms with Crippen molar-refractivity contribution >= 4 is 39.5 Å². The molecule has 0 aromatic heterocycles. The topological polar surface area (TPSA) is 237 Å². The summed E-state index contributed by atoms with van der Waals surface area (Å²) in [6, 6.07) is 0. The highest BCUT2D eigenvalue weighted by atomic mass is 31.2. The third-order valence-electron chi connectivity index (χ3n) is 19.9. The van der Waals surface area contributed by atoms with Crippen LogP contribution in [-0.2, 0) is 65.4 Å². The zero-order chi connectivity index (χ0) is 75.3. The average Bonchev–Trinajstić information content (AvgIpc) is 0.921. The number of carbonyl (C=O) groups is 4. The molecule has 0 radical (unpaired) electrons. The lowest BCUT2D eigenvalue weighted by Crippen LogP contribution is -2.30. The van der Waals surface area contributed by atoms with E-state index in [1.807, 2.05) is 0 Å². The van der Waals surface area contributed by atoms with Gasteiger partial charge in [-0.05, 0) is 25.7 Å². The fraction of sp³-hybridized carbons (Fsp3) is 0.952. The van der Waals surface area contributed by atoms with Gasteiger partial charge in [-0.1, -0.05) is 407 Å². The smallest absolute Gasteiger partial charge is 0.462 e. The summed E-state index contributed by atoms with van der Waals surface area (Å²) < 4.78 is 68.7. The number of hydrogen-bond donors (Lipinski definition) is 3. The molecule has 0 rings (SSSR count). The number of phosphoric acid groups is 2. The maximum absolute atomic E-state index is 13.1. The molecule has 0 aliphatic heterocycles. The lowest BCUT2D eigenvalue weighted by molar-refractivity contribution is -0.161. The number of hydrogen-bond acceptors (Lipinski definition) is 15. The second kappa shape index (κ2) is 78.2. The maximum atomic E-state index is 13.1. The van der Waals surface area contributed by atoms with Crippen LogP contribution in [0.2, 0.25) is 0 Å². The standard InChI is InChI=1S/C84H164O17P2/c1-5-9-13-17-21-25-28-31-34-36-38-40-42-44-46-49-52-55-59-63-67-71-84(89)101-80(75-95-82(87)69-65-61-57-53-50-48-45-43-41-39-37-35-32-29-26-22-18-14-10-6-2)77-99-103(92,93)97-73-78(85)72-96-102(90,91)98-76-79(74-94-81(86)68-64-60-56-24-20-16-12-8-4)100-83(88)70-66-62-58-54-51-47-33-30-27-23-19-15-11-7-3/h78-80,85H,5-77H2,1-4H3,(H,90,91)(H,92,93)/t78-,79+,80+/m0/s1. The highest BCUT2D eigenvalue weighted by molar-refractivity contribution is 7.47. The van der Waals surface area contributed by atoms with Crippen molar-refractivity contribution in [2.75, 3.05) is 39.6 Å². The Balaban J connectivity index is 5.17. The molecule has 0 fully saturated rings. The molecule has 19 heteroatoms. The number of rotatable bonds is 85. The van der Waals surface area contributed by atoms with Crippen molar-refractivity contribution in [3.05, 3.63) is 0 Å². The fourth-order valence-corrected chi connectivity index (χ4v) is 14.7. The predicted molar refractivity (Wildman–Crippen MR) is 423 cm³/mol. The SMILES string of the molecule is CCCCCCCCCCCCCCCCCCCCCCCC(=O)O[C@H](COC(=O)CCCCCCCCCCCCCCCCCCCCCC)COP(=O)(O)OC[C@@H](O)COP(=O)(O)OC[C@@H](COC(=O)CCCCCCCCCC)OC(=O)CCCCCCCCCCCCCCCC. The molecular formula is C84H164O17P2. The van der Waals surface area contributed by atoms with Gasteiger partial charge in [-0.15, -0.1) is 0 Å². The quantitative estimate of drug-likeness (QED) is 0.0222. The Morgan fingerprint density at radius 2 is 0.388 bits per heavy atom. The van der Waals surface area contributed by atoms with E-state index in [1.165, 1.54) is 289 Å². The van der Waals surface area contributed by atoms with E-state index in [0.717, 1.165) is 89.9 Å². The minimum Gasteiger partial charge on any atom is -0.462 e. The molecule has 0 aliphatic carbocycles. The van der Waals surface area contributed by atoms with Crippen LogP contribution in [0, 0.1) is 0 Å². The molecule has 3 N–H and O–H groups in total. The van der Waals surface area contributed by atoms with E-state index in [2.05, 4.69) is 27.7 Å². The summed E-state index contributed by atoms with van der Waals surface area (Å²) in [5.41, 5.74) is 0. The Kier molecular flexibility index (Phi) is 76.7. The molecule has 2 unspecified atom stereocenters. The van der Waals surface area contributed by atoms with Gasteiger partial charge in [0.05, 0.1) is 26.4 Å². The van der Waals surface area contributed by atoms with Crippen molar-refractivity contribution in [2.24, 2.45) is 0 Å². The minimum absolute atomic E-state index is 0.108. The van der Waals surface area contributed by atoms with Gasteiger partial charge in [0.25, 0.3) is 0 Å². The third kappa shape index (κ3) is 78.0. The van der Waals surface area contributed by atoms with Gasteiger partial charge in [0.15, 0.2) is 12.2 Å². The molecule has 0 heterocycles. The number of aliphatic hydroxyl groups is 1. The molecule has 0 aliphatic rings. The van der Waals surface area contributed by atoms with Crippen LogP contribution in [0.5, 0.6) is 0 Å². The molecule has 612 valence electrons. The van der Waals surface area contributed by atoms with Crippen LogP contribution in [0.1, 0.15) is 458 Å². The zero-order valence-corrected chi connectivity index (χ0v) is 69.1. The van der Waals surface area contributed by atoms with Crippen molar-refractivity contribution in [1.82, 2.24) is 0 Å². The normalized spacial score (nSPS) is 13.7. The van der Waals surface area contributed by atoms with Crippen molar-refractivity contribution in [3.63, 3.8) is 0 Å². The van der Waals surface area contributed by atoms with E-state index in [4.69, 9.17) is 37.0 Å². The number of aliphatic hydroxyl groups excluding tert-OH is 1. The predicted octanol–water partition coefficient (Wildman–Crippen LogP) is 25.7. The maximum Gasteiger partial charge on any atom is 0.472 e. The van der Waals surface area contributed by atoms with E-state index >= 15 is 0 Å². The number of esters is 4. The molecular weight excluding hydrogens is 1340 g/mol. The first-order chi connectivity index (χ1) is 50.2. The first kappa shape index (κ1) is 101. The molecule has 17 nitrogen and oxygen atoms in total. The molecule has 5 atom stereocenters. The van der Waals surface area contributed by atoms with Crippen LogP contribution in [-0.4, -0.2) is 96.7 Å². The summed E-state index contributed by atoms with van der Waals surface area (Å²) in [5.74, 6) is -2.10. The molecule has 103 heavy (non-hydrogen) atoms. The van der Waals surface area contributed by atoms with Gasteiger partial charge in [-0.3, -0.25) is 37.3 Å². The Morgan fingerprint density at radius 3 is 0.573 bits per heavy atom. The summed E-state index contributed by atoms with van der Waals surface area (Å²) in [4.78, 5) is 73.0. The van der Waals surface area contributed by atoms with Crippen molar-refractivity contribution < 1.29 is 80.2 Å². The summed E-state index contributed by atoms with van der Waals surface area (Å²) in [5, 5.41) is 10.6. The Hall–Kier alpha value is -1.94. The van der Waals surface area contributed by atoms with Gasteiger partial charge in [0.1, 0.15) is 19.3 Å². The lowest BCUT2D eigenvalue weighted by atomic mass is 10.0. The number of ether oxygens (including phenoxy) is 4. The average molecular weight is 1510 g/mol. The molecule has 0 aromatic rings. The first-order valence-corrected chi connectivity index (χ1v) is 46.8. The van der Waals surface area contributed by atoms with Gasteiger partial charge in [-0.2, -0.15) is 0 Å². The summed E-state index contributed by atoms with van der Waals surface area (Å²) in [7, 11) is -9.92. The van der Waals surface area contributed by atoms with Crippen LogP contribution in [0.4, 0.5) is 0 Å². The van der Waals surface area contributed by atoms with Gasteiger partial charge in [0, 0.05) is 25.7 Å². The first-order valence-electron chi connectivity index (χ1n) is 43.8. The lowest BCUT2D eigenvalue weighted by Gasteiger charge is -2.21. The molecule has 0 saturated heterocycles. The summed E-state index contributed by atoms with van der Waals surface area (Å²) in [6.07, 6.45) is 72.4. The Labute approximate surface area is 632 Å².